The van der Waals surface area contributed by atoms with Crippen molar-refractivity contribution in [2.24, 2.45) is 0 Å². The van der Waals surface area contributed by atoms with E-state index in [1.807, 2.05) is 0 Å². The molecular weight excluding hydrogens is 506 g/mol. The van der Waals surface area contributed by atoms with Crippen LogP contribution in [0, 0.1) is 5.82 Å². The number of hydrogen-bond donors (Lipinski definition) is 2. The number of benzene rings is 2. The number of carbonyl (C=O) groups is 1. The van der Waals surface area contributed by atoms with Crippen LogP contribution in [-0.4, -0.2) is 49.9 Å². The van der Waals surface area contributed by atoms with Crippen LogP contribution in [0.5, 0.6) is 0 Å². The van der Waals surface area contributed by atoms with Gasteiger partial charge in [-0.1, -0.05) is 18.2 Å². The summed E-state index contributed by atoms with van der Waals surface area (Å²) in [5.74, 6) is -1.11. The topological polar surface area (TPSA) is 87.2 Å². The first-order chi connectivity index (χ1) is 17.2. The number of fused-ring (bicyclic) bond motifs is 1. The molecule has 5 rings (SSSR count). The lowest BCUT2D eigenvalue weighted by Gasteiger charge is -2.36. The number of rotatable bonds is 5. The second-order valence-corrected chi connectivity index (χ2v) is 11.4. The largest absolute Gasteiger partial charge is 0.348 e. The molecule has 2 fully saturated rings. The van der Waals surface area contributed by atoms with Crippen LogP contribution < -0.4 is 16.6 Å². The number of para-hydroxylation sites is 1. The fourth-order valence-electron chi connectivity index (χ4n) is 5.32. The minimum atomic E-state index is -0.640. The molecule has 36 heavy (non-hydrogen) atoms. The highest BCUT2D eigenvalue weighted by atomic mass is 35.5. The van der Waals surface area contributed by atoms with Gasteiger partial charge in [0, 0.05) is 25.2 Å². The fourth-order valence-corrected chi connectivity index (χ4v) is 5.75. The van der Waals surface area contributed by atoms with Crippen LogP contribution in [0.1, 0.15) is 48.0 Å². The van der Waals surface area contributed by atoms with Crippen molar-refractivity contribution in [3.05, 3.63) is 80.2 Å². The highest BCUT2D eigenvalue weighted by Crippen LogP contribution is 2.39. The van der Waals surface area contributed by atoms with Crippen LogP contribution in [-0.2, 0) is 6.54 Å². The van der Waals surface area contributed by atoms with Gasteiger partial charge in [-0.3, -0.25) is 24.0 Å². The molecular formula is C26H27Cl2FN4O3. The highest BCUT2D eigenvalue weighted by Gasteiger charge is 2.36. The van der Waals surface area contributed by atoms with Crippen molar-refractivity contribution in [3.63, 3.8) is 0 Å². The number of alkyl halides is 2. The molecule has 2 aromatic carbocycles. The van der Waals surface area contributed by atoms with E-state index in [0.717, 1.165) is 38.6 Å². The Bertz CT molecular complexity index is 1410. The van der Waals surface area contributed by atoms with E-state index >= 15 is 0 Å². The Morgan fingerprint density at radius 1 is 1.11 bits per heavy atom. The number of aromatic amines is 1. The summed E-state index contributed by atoms with van der Waals surface area (Å²) in [6.45, 7) is 1.64. The smallest absolute Gasteiger partial charge is 0.329 e. The molecule has 1 saturated carbocycles. The quantitative estimate of drug-likeness (QED) is 0.489. The number of nitrogens with zero attached hydrogens (tertiary/aromatic N) is 2. The summed E-state index contributed by atoms with van der Waals surface area (Å²) in [6, 6.07) is 11.3. The summed E-state index contributed by atoms with van der Waals surface area (Å²) in [5, 5.41) is 3.35. The SMILES string of the molecule is O=C(NC1CCN(C2CCC(Cl)(Cl)CC2)C1)c1cc(Cn2c(=O)[nH]c(=O)c3ccccc32)ccc1F. The molecule has 2 aliphatic rings. The monoisotopic (exact) mass is 532 g/mol. The minimum Gasteiger partial charge on any atom is -0.348 e. The van der Waals surface area contributed by atoms with Crippen LogP contribution in [0.25, 0.3) is 10.9 Å². The average molecular weight is 533 g/mol. The van der Waals surface area contributed by atoms with Crippen molar-refractivity contribution in [1.82, 2.24) is 19.8 Å². The van der Waals surface area contributed by atoms with E-state index in [-0.39, 0.29) is 18.2 Å². The van der Waals surface area contributed by atoms with Gasteiger partial charge in [0.2, 0.25) is 0 Å². The van der Waals surface area contributed by atoms with Crippen LogP contribution >= 0.6 is 23.2 Å². The zero-order valence-corrected chi connectivity index (χ0v) is 21.1. The molecule has 0 spiro atoms. The van der Waals surface area contributed by atoms with Crippen molar-refractivity contribution >= 4 is 40.0 Å². The van der Waals surface area contributed by atoms with Crippen LogP contribution in [0.4, 0.5) is 4.39 Å². The number of hydrogen-bond acceptors (Lipinski definition) is 4. The van der Waals surface area contributed by atoms with Gasteiger partial charge in [-0.05, 0) is 61.9 Å². The van der Waals surface area contributed by atoms with Crippen LogP contribution in [0.15, 0.2) is 52.1 Å². The molecule has 10 heteroatoms. The molecule has 1 amide bonds. The van der Waals surface area contributed by atoms with E-state index in [1.54, 1.807) is 24.3 Å². The predicted octanol–water partition coefficient (Wildman–Crippen LogP) is 3.80. The predicted molar refractivity (Wildman–Crippen MR) is 138 cm³/mol. The van der Waals surface area contributed by atoms with Gasteiger partial charge in [-0.25, -0.2) is 9.18 Å². The first kappa shape index (κ1) is 25.0. The van der Waals surface area contributed by atoms with E-state index < -0.39 is 27.3 Å². The minimum absolute atomic E-state index is 0.0699. The molecule has 3 aromatic rings. The van der Waals surface area contributed by atoms with Gasteiger partial charge in [0.25, 0.3) is 11.5 Å². The van der Waals surface area contributed by atoms with Crippen LogP contribution in [0.2, 0.25) is 0 Å². The van der Waals surface area contributed by atoms with E-state index in [2.05, 4.69) is 15.2 Å². The Labute approximate surface area is 217 Å². The van der Waals surface area contributed by atoms with E-state index in [0.29, 0.717) is 29.1 Å². The standard InChI is InChI=1S/C26H27Cl2FN4O3/c27-26(28)10-7-18(8-11-26)32-12-9-17(15-32)30-24(35)20-13-16(5-6-21(20)29)14-33-22-4-2-1-3-19(22)23(34)31-25(33)36/h1-6,13,17-18H,7-12,14-15H2,(H,30,35)(H,31,34,36). The maximum absolute atomic E-state index is 14.6. The second-order valence-electron chi connectivity index (χ2n) is 9.72. The third-order valence-electron chi connectivity index (χ3n) is 7.28. The second kappa shape index (κ2) is 10.00. The number of nitrogens with one attached hydrogen (secondary N) is 2. The lowest BCUT2D eigenvalue weighted by molar-refractivity contribution is 0.0930. The van der Waals surface area contributed by atoms with E-state index in [1.165, 1.54) is 22.8 Å². The molecule has 1 aliphatic carbocycles. The Morgan fingerprint density at radius 2 is 1.86 bits per heavy atom. The molecule has 7 nitrogen and oxygen atoms in total. The summed E-state index contributed by atoms with van der Waals surface area (Å²) >= 11 is 12.5. The molecule has 0 bridgehead atoms. The maximum Gasteiger partial charge on any atom is 0.329 e. The van der Waals surface area contributed by atoms with Gasteiger partial charge < -0.3 is 5.32 Å². The Balaban J connectivity index is 1.29. The average Bonchev–Trinajstić information content (AvgIpc) is 3.31. The Hall–Kier alpha value is -2.68. The third kappa shape index (κ3) is 5.21. The van der Waals surface area contributed by atoms with Crippen molar-refractivity contribution in [2.75, 3.05) is 13.1 Å². The number of aromatic nitrogens is 2. The molecule has 190 valence electrons. The summed E-state index contributed by atoms with van der Waals surface area (Å²) in [6.07, 6.45) is 4.13. The number of halogens is 3. The van der Waals surface area contributed by atoms with E-state index in [9.17, 15) is 18.8 Å². The molecule has 1 aliphatic heterocycles. The number of likely N-dealkylation sites (tertiary alicyclic amines) is 1. The third-order valence-corrected chi connectivity index (χ3v) is 8.04. The molecule has 2 N–H and O–H groups in total. The van der Waals surface area contributed by atoms with Crippen molar-refractivity contribution in [2.45, 2.75) is 55.1 Å². The van der Waals surface area contributed by atoms with Gasteiger partial charge in [0.05, 0.1) is 23.0 Å². The summed E-state index contributed by atoms with van der Waals surface area (Å²) in [4.78, 5) is 42.3. The summed E-state index contributed by atoms with van der Waals surface area (Å²) < 4.78 is 15.4. The fraction of sp³-hybridized carbons (Fsp3) is 0.423. The number of carbonyl (C=O) groups excluding carboxylic acids is 1. The van der Waals surface area contributed by atoms with Gasteiger partial charge >= 0.3 is 5.69 Å². The molecule has 0 radical (unpaired) electrons. The van der Waals surface area contributed by atoms with Crippen molar-refractivity contribution in [3.8, 4) is 0 Å². The van der Waals surface area contributed by atoms with Gasteiger partial charge in [-0.15, -0.1) is 23.2 Å². The lowest BCUT2D eigenvalue weighted by atomic mass is 9.93. The Morgan fingerprint density at radius 3 is 2.64 bits per heavy atom. The zero-order chi connectivity index (χ0) is 25.4. The molecule has 2 heterocycles. The molecule has 1 saturated heterocycles. The first-order valence-corrected chi connectivity index (χ1v) is 12.9. The van der Waals surface area contributed by atoms with Crippen LogP contribution in [0.3, 0.4) is 0 Å². The lowest BCUT2D eigenvalue weighted by Crippen LogP contribution is -2.42. The highest BCUT2D eigenvalue weighted by molar-refractivity contribution is 6.48. The zero-order valence-electron chi connectivity index (χ0n) is 19.6. The molecule has 1 atom stereocenters. The number of H-pyrrole nitrogens is 1. The Kier molecular flexibility index (Phi) is 6.94. The van der Waals surface area contributed by atoms with Crippen molar-refractivity contribution < 1.29 is 9.18 Å². The maximum atomic E-state index is 14.6. The molecule has 1 unspecified atom stereocenters. The summed E-state index contributed by atoms with van der Waals surface area (Å²) in [7, 11) is 0. The number of amides is 1. The van der Waals surface area contributed by atoms with Gasteiger partial charge in [0.15, 0.2) is 0 Å². The van der Waals surface area contributed by atoms with Crippen molar-refractivity contribution in [1.29, 1.82) is 0 Å². The first-order valence-electron chi connectivity index (χ1n) is 12.1. The normalized spacial score (nSPS) is 20.6. The summed E-state index contributed by atoms with van der Waals surface area (Å²) in [5.41, 5.74) is -0.0602. The molecule has 1 aromatic heterocycles. The van der Waals surface area contributed by atoms with Gasteiger partial charge in [0.1, 0.15) is 10.2 Å². The van der Waals surface area contributed by atoms with E-state index in [4.69, 9.17) is 23.2 Å². The van der Waals surface area contributed by atoms with Gasteiger partial charge in [-0.2, -0.15) is 0 Å².